The monoisotopic (exact) mass is 290 g/mol. The van der Waals surface area contributed by atoms with Crippen molar-refractivity contribution in [2.75, 3.05) is 0 Å². The molecule has 7 nitrogen and oxygen atoms in total. The molecule has 0 fully saturated rings. The highest BCUT2D eigenvalue weighted by Crippen LogP contribution is 2.28. The van der Waals surface area contributed by atoms with Crippen LogP contribution in [0.1, 0.15) is 51.9 Å². The molecule has 116 valence electrons. The number of carboxylic acid groups (broad SMARTS) is 3. The van der Waals surface area contributed by atoms with Gasteiger partial charge in [0.25, 0.3) is 0 Å². The number of rotatable bonds is 11. The molecular formula is C13H22O7. The van der Waals surface area contributed by atoms with Gasteiger partial charge in [-0.25, -0.2) is 4.79 Å². The summed E-state index contributed by atoms with van der Waals surface area (Å²) >= 11 is 0. The van der Waals surface area contributed by atoms with E-state index in [-0.39, 0.29) is 6.42 Å². The van der Waals surface area contributed by atoms with Gasteiger partial charge in [-0.15, -0.1) is 0 Å². The topological polar surface area (TPSA) is 132 Å². The van der Waals surface area contributed by atoms with Crippen LogP contribution in [-0.4, -0.2) is 43.9 Å². The highest BCUT2D eigenvalue weighted by molar-refractivity contribution is 5.89. The highest BCUT2D eigenvalue weighted by atomic mass is 16.4. The molecule has 0 saturated carbocycles. The minimum Gasteiger partial charge on any atom is -0.481 e. The Morgan fingerprint density at radius 3 is 1.95 bits per heavy atom. The van der Waals surface area contributed by atoms with Crippen molar-refractivity contribution in [3.05, 3.63) is 0 Å². The van der Waals surface area contributed by atoms with Crippen molar-refractivity contribution >= 4 is 17.9 Å². The molecule has 0 bridgehead atoms. The number of carboxylic acids is 3. The summed E-state index contributed by atoms with van der Waals surface area (Å²) in [6, 6.07) is 0. The Bertz CT molecular complexity index is 353. The summed E-state index contributed by atoms with van der Waals surface area (Å²) in [4.78, 5) is 32.8. The van der Waals surface area contributed by atoms with E-state index in [9.17, 15) is 19.5 Å². The van der Waals surface area contributed by atoms with Gasteiger partial charge in [0.15, 0.2) is 5.60 Å². The van der Waals surface area contributed by atoms with Crippen LogP contribution < -0.4 is 0 Å². The molecule has 0 aliphatic rings. The predicted molar refractivity (Wildman–Crippen MR) is 69.3 cm³/mol. The van der Waals surface area contributed by atoms with Gasteiger partial charge in [0.2, 0.25) is 0 Å². The molecule has 2 unspecified atom stereocenters. The normalized spacial score (nSPS) is 15.3. The SMILES string of the molecule is CCCCCCCC(C(=O)O)C(O)(CC(=O)O)C(=O)O. The van der Waals surface area contributed by atoms with Gasteiger partial charge in [0, 0.05) is 0 Å². The highest BCUT2D eigenvalue weighted by Gasteiger charge is 2.49. The molecule has 0 rings (SSSR count). The van der Waals surface area contributed by atoms with Gasteiger partial charge < -0.3 is 20.4 Å². The van der Waals surface area contributed by atoms with E-state index in [1.165, 1.54) is 0 Å². The Labute approximate surface area is 117 Å². The third kappa shape index (κ3) is 5.56. The smallest absolute Gasteiger partial charge is 0.337 e. The Balaban J connectivity index is 4.79. The molecule has 2 atom stereocenters. The van der Waals surface area contributed by atoms with Crippen LogP contribution in [0.15, 0.2) is 0 Å². The second-order valence-corrected chi connectivity index (χ2v) is 4.89. The lowest BCUT2D eigenvalue weighted by molar-refractivity contribution is -0.179. The lowest BCUT2D eigenvalue weighted by Crippen LogP contribution is -2.50. The molecule has 0 heterocycles. The van der Waals surface area contributed by atoms with E-state index in [0.29, 0.717) is 6.42 Å². The standard InChI is InChI=1S/C13H22O7/c1-2-3-4-5-6-7-9(11(16)17)13(20,12(18)19)8-10(14)15/h9,20H,2-8H2,1H3,(H,14,15)(H,16,17)(H,18,19). The zero-order chi connectivity index (χ0) is 15.8. The summed E-state index contributed by atoms with van der Waals surface area (Å²) in [5.74, 6) is -6.49. The van der Waals surface area contributed by atoms with Crippen molar-refractivity contribution in [1.29, 1.82) is 0 Å². The van der Waals surface area contributed by atoms with Crippen molar-refractivity contribution in [3.8, 4) is 0 Å². The molecular weight excluding hydrogens is 268 g/mol. The maximum atomic E-state index is 11.1. The van der Waals surface area contributed by atoms with Crippen LogP contribution in [0.4, 0.5) is 0 Å². The fourth-order valence-electron chi connectivity index (χ4n) is 2.10. The third-order valence-electron chi connectivity index (χ3n) is 3.26. The Morgan fingerprint density at radius 2 is 1.55 bits per heavy atom. The Hall–Kier alpha value is -1.63. The van der Waals surface area contributed by atoms with Crippen molar-refractivity contribution in [2.24, 2.45) is 5.92 Å². The molecule has 20 heavy (non-hydrogen) atoms. The first kappa shape index (κ1) is 18.4. The number of unbranched alkanes of at least 4 members (excludes halogenated alkanes) is 4. The van der Waals surface area contributed by atoms with Gasteiger partial charge >= 0.3 is 17.9 Å². The van der Waals surface area contributed by atoms with Crippen LogP contribution in [0.25, 0.3) is 0 Å². The minimum absolute atomic E-state index is 0.0604. The first-order chi connectivity index (χ1) is 9.25. The maximum Gasteiger partial charge on any atom is 0.337 e. The Kier molecular flexibility index (Phi) is 7.83. The lowest BCUT2D eigenvalue weighted by Gasteiger charge is -2.28. The van der Waals surface area contributed by atoms with Crippen molar-refractivity contribution in [1.82, 2.24) is 0 Å². The molecule has 7 heteroatoms. The molecule has 0 spiro atoms. The molecule has 0 aliphatic carbocycles. The summed E-state index contributed by atoms with van der Waals surface area (Å²) in [7, 11) is 0. The van der Waals surface area contributed by atoms with Gasteiger partial charge in [-0.1, -0.05) is 39.0 Å². The molecule has 0 aromatic carbocycles. The van der Waals surface area contributed by atoms with Crippen molar-refractivity contribution in [3.63, 3.8) is 0 Å². The molecule has 4 N–H and O–H groups in total. The fraction of sp³-hybridized carbons (Fsp3) is 0.769. The first-order valence-corrected chi connectivity index (χ1v) is 6.66. The van der Waals surface area contributed by atoms with E-state index < -0.39 is 35.8 Å². The number of aliphatic hydroxyl groups is 1. The largest absolute Gasteiger partial charge is 0.481 e. The summed E-state index contributed by atoms with van der Waals surface area (Å²) < 4.78 is 0. The van der Waals surface area contributed by atoms with Gasteiger partial charge in [0.1, 0.15) is 0 Å². The zero-order valence-corrected chi connectivity index (χ0v) is 11.5. The first-order valence-electron chi connectivity index (χ1n) is 6.66. The second kappa shape index (κ2) is 8.52. The van der Waals surface area contributed by atoms with Crippen LogP contribution in [0.2, 0.25) is 0 Å². The summed E-state index contributed by atoms with van der Waals surface area (Å²) in [5.41, 5.74) is -2.78. The van der Waals surface area contributed by atoms with E-state index in [1.807, 2.05) is 6.92 Å². The zero-order valence-electron chi connectivity index (χ0n) is 11.5. The van der Waals surface area contributed by atoms with E-state index >= 15 is 0 Å². The summed E-state index contributed by atoms with van der Waals surface area (Å²) in [5, 5.41) is 36.6. The van der Waals surface area contributed by atoms with Gasteiger partial charge in [-0.2, -0.15) is 0 Å². The third-order valence-corrected chi connectivity index (χ3v) is 3.26. The molecule has 0 aromatic rings. The number of hydrogen-bond donors (Lipinski definition) is 4. The average molecular weight is 290 g/mol. The predicted octanol–water partition coefficient (Wildman–Crippen LogP) is 1.34. The lowest BCUT2D eigenvalue weighted by atomic mass is 9.81. The van der Waals surface area contributed by atoms with Crippen LogP contribution in [0.5, 0.6) is 0 Å². The average Bonchev–Trinajstić information content (AvgIpc) is 2.31. The quantitative estimate of drug-likeness (QED) is 0.422. The van der Waals surface area contributed by atoms with Crippen molar-refractivity contribution < 1.29 is 34.8 Å². The van der Waals surface area contributed by atoms with Gasteiger partial charge in [0.05, 0.1) is 12.3 Å². The number of hydrogen-bond acceptors (Lipinski definition) is 4. The molecule has 0 aromatic heterocycles. The molecule has 0 aliphatic heterocycles. The maximum absolute atomic E-state index is 11.1. The fourth-order valence-corrected chi connectivity index (χ4v) is 2.10. The van der Waals surface area contributed by atoms with E-state index in [0.717, 1.165) is 25.7 Å². The summed E-state index contributed by atoms with van der Waals surface area (Å²) in [6.45, 7) is 2.02. The van der Waals surface area contributed by atoms with Crippen LogP contribution in [0, 0.1) is 5.92 Å². The van der Waals surface area contributed by atoms with E-state index in [4.69, 9.17) is 15.3 Å². The second-order valence-electron chi connectivity index (χ2n) is 4.89. The van der Waals surface area contributed by atoms with Crippen LogP contribution in [0.3, 0.4) is 0 Å². The number of carbonyl (C=O) groups is 3. The molecule has 0 amide bonds. The van der Waals surface area contributed by atoms with Gasteiger partial charge in [-0.05, 0) is 6.42 Å². The molecule has 0 radical (unpaired) electrons. The van der Waals surface area contributed by atoms with E-state index in [2.05, 4.69) is 0 Å². The Morgan fingerprint density at radius 1 is 1.00 bits per heavy atom. The summed E-state index contributed by atoms with van der Waals surface area (Å²) in [6.07, 6.45) is 2.87. The van der Waals surface area contributed by atoms with Crippen LogP contribution >= 0.6 is 0 Å². The van der Waals surface area contributed by atoms with Gasteiger partial charge in [-0.3, -0.25) is 9.59 Å². The van der Waals surface area contributed by atoms with Crippen molar-refractivity contribution in [2.45, 2.75) is 57.5 Å². The minimum atomic E-state index is -2.78. The van der Waals surface area contributed by atoms with Crippen LogP contribution in [-0.2, 0) is 14.4 Å². The molecule has 0 saturated heterocycles. The van der Waals surface area contributed by atoms with E-state index in [1.54, 1.807) is 0 Å². The number of aliphatic carboxylic acids is 3.